The molecule has 0 saturated carbocycles. The number of hydrogen-bond acceptors (Lipinski definition) is 3. The second-order valence-corrected chi connectivity index (χ2v) is 6.54. The molecular formula is C17H27N3O3. The highest BCUT2D eigenvalue weighted by molar-refractivity contribution is 5.84. The summed E-state index contributed by atoms with van der Waals surface area (Å²) in [5.74, 6) is -0.941. The van der Waals surface area contributed by atoms with Crippen LogP contribution in [0.15, 0.2) is 0 Å². The van der Waals surface area contributed by atoms with Crippen molar-refractivity contribution in [2.45, 2.75) is 64.8 Å². The molecule has 2 rings (SSSR count). The van der Waals surface area contributed by atoms with Crippen molar-refractivity contribution in [2.75, 3.05) is 6.54 Å². The molecule has 6 nitrogen and oxygen atoms in total. The second kappa shape index (κ2) is 7.15. The third-order valence-electron chi connectivity index (χ3n) is 4.97. The van der Waals surface area contributed by atoms with Crippen LogP contribution in [-0.4, -0.2) is 44.3 Å². The predicted octanol–water partition coefficient (Wildman–Crippen LogP) is 2.39. The summed E-state index contributed by atoms with van der Waals surface area (Å²) in [6, 6.07) is 0.0482. The number of aliphatic carboxylic acids is 1. The molecule has 23 heavy (non-hydrogen) atoms. The number of amides is 1. The SMILES string of the molecule is Cc1nn(C)c(C)c1C(C)C(=O)N1CCCCC1CCC(=O)O. The average Bonchev–Trinajstić information content (AvgIpc) is 2.77. The van der Waals surface area contributed by atoms with Gasteiger partial charge in [-0.05, 0) is 46.5 Å². The van der Waals surface area contributed by atoms with Crippen LogP contribution in [0, 0.1) is 13.8 Å². The van der Waals surface area contributed by atoms with E-state index in [1.54, 1.807) is 0 Å². The molecule has 0 aliphatic carbocycles. The van der Waals surface area contributed by atoms with E-state index >= 15 is 0 Å². The summed E-state index contributed by atoms with van der Waals surface area (Å²) in [6.45, 7) is 6.58. The van der Waals surface area contributed by atoms with E-state index in [9.17, 15) is 9.59 Å². The number of rotatable bonds is 5. The fourth-order valence-corrected chi connectivity index (χ4v) is 3.67. The maximum Gasteiger partial charge on any atom is 0.303 e. The average molecular weight is 321 g/mol. The second-order valence-electron chi connectivity index (χ2n) is 6.54. The first-order valence-electron chi connectivity index (χ1n) is 8.35. The topological polar surface area (TPSA) is 75.4 Å². The molecule has 1 aliphatic heterocycles. The lowest BCUT2D eigenvalue weighted by atomic mass is 9.92. The van der Waals surface area contributed by atoms with E-state index in [0.717, 1.165) is 42.8 Å². The largest absolute Gasteiger partial charge is 0.481 e. The Morgan fingerprint density at radius 1 is 1.35 bits per heavy atom. The molecule has 128 valence electrons. The van der Waals surface area contributed by atoms with Crippen molar-refractivity contribution in [2.24, 2.45) is 7.05 Å². The third-order valence-corrected chi connectivity index (χ3v) is 4.97. The zero-order valence-corrected chi connectivity index (χ0v) is 14.5. The first-order valence-corrected chi connectivity index (χ1v) is 8.35. The summed E-state index contributed by atoms with van der Waals surface area (Å²) in [5.41, 5.74) is 2.91. The third kappa shape index (κ3) is 3.74. The molecule has 6 heteroatoms. The van der Waals surface area contributed by atoms with Gasteiger partial charge in [-0.1, -0.05) is 0 Å². The van der Waals surface area contributed by atoms with Crippen LogP contribution in [-0.2, 0) is 16.6 Å². The fraction of sp³-hybridized carbons (Fsp3) is 0.706. The zero-order valence-electron chi connectivity index (χ0n) is 14.5. The van der Waals surface area contributed by atoms with Crippen molar-refractivity contribution in [1.82, 2.24) is 14.7 Å². The molecule has 0 aromatic carbocycles. The van der Waals surface area contributed by atoms with Gasteiger partial charge in [-0.2, -0.15) is 5.10 Å². The molecular weight excluding hydrogens is 294 g/mol. The minimum atomic E-state index is -0.796. The van der Waals surface area contributed by atoms with Gasteiger partial charge in [-0.25, -0.2) is 0 Å². The van der Waals surface area contributed by atoms with Crippen molar-refractivity contribution in [1.29, 1.82) is 0 Å². The van der Waals surface area contributed by atoms with Gasteiger partial charge in [-0.3, -0.25) is 14.3 Å². The van der Waals surface area contributed by atoms with Gasteiger partial charge in [0.05, 0.1) is 11.6 Å². The Hall–Kier alpha value is -1.85. The monoisotopic (exact) mass is 321 g/mol. The lowest BCUT2D eigenvalue weighted by Crippen LogP contribution is -2.45. The Kier molecular flexibility index (Phi) is 5.44. The number of aromatic nitrogens is 2. The quantitative estimate of drug-likeness (QED) is 0.903. The van der Waals surface area contributed by atoms with Gasteiger partial charge in [0, 0.05) is 37.3 Å². The highest BCUT2D eigenvalue weighted by Gasteiger charge is 2.32. The maximum absolute atomic E-state index is 13.0. The summed E-state index contributed by atoms with van der Waals surface area (Å²) in [5, 5.41) is 13.3. The lowest BCUT2D eigenvalue weighted by molar-refractivity contribution is -0.140. The molecule has 2 atom stereocenters. The number of carbonyl (C=O) groups excluding carboxylic acids is 1. The Bertz CT molecular complexity index is 594. The number of carbonyl (C=O) groups is 2. The van der Waals surface area contributed by atoms with E-state index in [1.807, 2.05) is 37.4 Å². The molecule has 1 aromatic rings. The first kappa shape index (κ1) is 17.5. The number of piperidine rings is 1. The molecule has 1 aliphatic rings. The van der Waals surface area contributed by atoms with Crippen LogP contribution in [0.25, 0.3) is 0 Å². The molecule has 1 N–H and O–H groups in total. The van der Waals surface area contributed by atoms with E-state index in [1.165, 1.54) is 0 Å². The molecule has 2 heterocycles. The summed E-state index contributed by atoms with van der Waals surface area (Å²) in [7, 11) is 1.89. The summed E-state index contributed by atoms with van der Waals surface area (Å²) >= 11 is 0. The van der Waals surface area contributed by atoms with Crippen LogP contribution < -0.4 is 0 Å². The van der Waals surface area contributed by atoms with Gasteiger partial charge in [0.15, 0.2) is 0 Å². The Balaban J connectivity index is 2.17. The van der Waals surface area contributed by atoms with Crippen molar-refractivity contribution >= 4 is 11.9 Å². The predicted molar refractivity (Wildman–Crippen MR) is 87.3 cm³/mol. The highest BCUT2D eigenvalue weighted by Crippen LogP contribution is 2.29. The zero-order chi connectivity index (χ0) is 17.1. The van der Waals surface area contributed by atoms with E-state index in [-0.39, 0.29) is 24.3 Å². The van der Waals surface area contributed by atoms with Crippen LogP contribution in [0.5, 0.6) is 0 Å². The van der Waals surface area contributed by atoms with Crippen LogP contribution in [0.3, 0.4) is 0 Å². The Labute approximate surface area is 137 Å². The van der Waals surface area contributed by atoms with Crippen LogP contribution in [0.1, 0.15) is 61.9 Å². The van der Waals surface area contributed by atoms with Crippen LogP contribution >= 0.6 is 0 Å². The first-order chi connectivity index (χ1) is 10.8. The van der Waals surface area contributed by atoms with Crippen molar-refractivity contribution in [3.05, 3.63) is 17.0 Å². The Morgan fingerprint density at radius 3 is 2.61 bits per heavy atom. The van der Waals surface area contributed by atoms with Gasteiger partial charge in [0.25, 0.3) is 0 Å². The number of likely N-dealkylation sites (tertiary alicyclic amines) is 1. The van der Waals surface area contributed by atoms with Gasteiger partial charge in [0.1, 0.15) is 0 Å². The summed E-state index contributed by atoms with van der Waals surface area (Å²) in [6.07, 6.45) is 3.61. The van der Waals surface area contributed by atoms with E-state index in [0.29, 0.717) is 6.42 Å². The molecule has 1 saturated heterocycles. The molecule has 0 bridgehead atoms. The van der Waals surface area contributed by atoms with E-state index < -0.39 is 5.97 Å². The van der Waals surface area contributed by atoms with Gasteiger partial charge in [0.2, 0.25) is 5.91 Å². The number of aryl methyl sites for hydroxylation is 2. The number of carboxylic acid groups (broad SMARTS) is 1. The van der Waals surface area contributed by atoms with Crippen LogP contribution in [0.2, 0.25) is 0 Å². The van der Waals surface area contributed by atoms with Crippen molar-refractivity contribution < 1.29 is 14.7 Å². The lowest BCUT2D eigenvalue weighted by Gasteiger charge is -2.37. The van der Waals surface area contributed by atoms with E-state index in [4.69, 9.17) is 5.11 Å². The minimum absolute atomic E-state index is 0.0482. The highest BCUT2D eigenvalue weighted by atomic mass is 16.4. The van der Waals surface area contributed by atoms with Crippen LogP contribution in [0.4, 0.5) is 0 Å². The standard InChI is InChI=1S/C17H27N3O3/c1-11(16-12(2)18-19(4)13(16)3)17(23)20-10-6-5-7-14(20)8-9-15(21)22/h11,14H,5-10H2,1-4H3,(H,21,22). The fourth-order valence-electron chi connectivity index (χ4n) is 3.67. The summed E-state index contributed by atoms with van der Waals surface area (Å²) in [4.78, 5) is 25.8. The molecule has 1 fully saturated rings. The maximum atomic E-state index is 13.0. The van der Waals surface area contributed by atoms with Gasteiger partial charge < -0.3 is 10.0 Å². The minimum Gasteiger partial charge on any atom is -0.481 e. The van der Waals surface area contributed by atoms with Crippen molar-refractivity contribution in [3.8, 4) is 0 Å². The molecule has 1 aromatic heterocycles. The van der Waals surface area contributed by atoms with Gasteiger partial charge in [-0.15, -0.1) is 0 Å². The Morgan fingerprint density at radius 2 is 2.04 bits per heavy atom. The van der Waals surface area contributed by atoms with E-state index in [2.05, 4.69) is 5.10 Å². The molecule has 0 spiro atoms. The number of hydrogen-bond donors (Lipinski definition) is 1. The molecule has 0 radical (unpaired) electrons. The van der Waals surface area contributed by atoms with Gasteiger partial charge >= 0.3 is 5.97 Å². The number of carboxylic acids is 1. The van der Waals surface area contributed by atoms with Crippen molar-refractivity contribution in [3.63, 3.8) is 0 Å². The number of nitrogens with zero attached hydrogens (tertiary/aromatic N) is 3. The molecule has 1 amide bonds. The summed E-state index contributed by atoms with van der Waals surface area (Å²) < 4.78 is 1.81. The normalized spacial score (nSPS) is 19.7. The smallest absolute Gasteiger partial charge is 0.303 e. The molecule has 2 unspecified atom stereocenters.